The average Bonchev–Trinajstić information content (AvgIpc) is 2.60. The molecule has 0 atom stereocenters. The summed E-state index contributed by atoms with van der Waals surface area (Å²) in [5, 5.41) is 0. The van der Waals surface area contributed by atoms with Crippen molar-refractivity contribution in [2.24, 2.45) is 0 Å². The maximum atomic E-state index is 12.3. The van der Waals surface area contributed by atoms with E-state index >= 15 is 0 Å². The van der Waals surface area contributed by atoms with Crippen LogP contribution in [0, 0.1) is 6.92 Å². The fourth-order valence-electron chi connectivity index (χ4n) is 2.82. The van der Waals surface area contributed by atoms with E-state index in [1.807, 2.05) is 60.0 Å². The standard InChI is InChI=1S/C20H17NO3/c1-14-7-8-19-17(9-14)21-11-20(18(22)10-16(21)13-24-19)23-12-15-5-3-2-4-6-15/h2-11H,12-13H2,1H3. The van der Waals surface area contributed by atoms with Crippen LogP contribution in [0.5, 0.6) is 11.5 Å². The lowest BCUT2D eigenvalue weighted by Gasteiger charge is -2.24. The van der Waals surface area contributed by atoms with Gasteiger partial charge in [0.15, 0.2) is 5.75 Å². The van der Waals surface area contributed by atoms with Gasteiger partial charge in [-0.15, -0.1) is 0 Å². The minimum Gasteiger partial charge on any atom is -0.485 e. The van der Waals surface area contributed by atoms with Crippen molar-refractivity contribution in [3.05, 3.63) is 87.8 Å². The summed E-state index contributed by atoms with van der Waals surface area (Å²) in [4.78, 5) is 12.3. The summed E-state index contributed by atoms with van der Waals surface area (Å²) in [6, 6.07) is 17.4. The van der Waals surface area contributed by atoms with Gasteiger partial charge in [0, 0.05) is 6.07 Å². The third-order valence-electron chi connectivity index (χ3n) is 4.08. The van der Waals surface area contributed by atoms with Gasteiger partial charge in [-0.1, -0.05) is 36.4 Å². The van der Waals surface area contributed by atoms with E-state index in [9.17, 15) is 4.79 Å². The lowest BCUT2D eigenvalue weighted by atomic mass is 10.1. The number of nitrogens with zero attached hydrogens (tertiary/aromatic N) is 1. The second kappa shape index (κ2) is 5.89. The number of benzene rings is 2. The molecule has 0 amide bonds. The molecule has 0 saturated heterocycles. The van der Waals surface area contributed by atoms with Crippen molar-refractivity contribution in [2.75, 3.05) is 0 Å². The Hall–Kier alpha value is -3.01. The summed E-state index contributed by atoms with van der Waals surface area (Å²) in [5.74, 6) is 1.16. The van der Waals surface area contributed by atoms with Crippen LogP contribution in [0.3, 0.4) is 0 Å². The van der Waals surface area contributed by atoms with Crippen LogP contribution < -0.4 is 14.9 Å². The zero-order valence-electron chi connectivity index (χ0n) is 13.4. The highest BCUT2D eigenvalue weighted by Crippen LogP contribution is 2.30. The Morgan fingerprint density at radius 2 is 1.96 bits per heavy atom. The number of hydrogen-bond donors (Lipinski definition) is 0. The largest absolute Gasteiger partial charge is 0.485 e. The number of ether oxygens (including phenoxy) is 2. The van der Waals surface area contributed by atoms with Gasteiger partial charge in [-0.25, -0.2) is 0 Å². The number of pyridine rings is 1. The Balaban J connectivity index is 1.71. The van der Waals surface area contributed by atoms with Crippen molar-refractivity contribution in [3.63, 3.8) is 0 Å². The first-order valence-corrected chi connectivity index (χ1v) is 7.87. The topological polar surface area (TPSA) is 40.5 Å². The maximum absolute atomic E-state index is 12.3. The molecule has 1 aliphatic heterocycles. The third-order valence-corrected chi connectivity index (χ3v) is 4.08. The van der Waals surface area contributed by atoms with Crippen LogP contribution >= 0.6 is 0 Å². The van der Waals surface area contributed by atoms with E-state index in [-0.39, 0.29) is 5.43 Å². The molecule has 0 bridgehead atoms. The van der Waals surface area contributed by atoms with Gasteiger partial charge in [0.25, 0.3) is 0 Å². The monoisotopic (exact) mass is 319 g/mol. The number of aryl methyl sites for hydroxylation is 1. The van der Waals surface area contributed by atoms with Crippen LogP contribution in [0.25, 0.3) is 5.69 Å². The van der Waals surface area contributed by atoms with Crippen LogP contribution in [0.2, 0.25) is 0 Å². The maximum Gasteiger partial charge on any atom is 0.223 e. The van der Waals surface area contributed by atoms with Gasteiger partial charge in [0.05, 0.1) is 17.6 Å². The first-order chi connectivity index (χ1) is 11.7. The van der Waals surface area contributed by atoms with Crippen LogP contribution in [0.15, 0.2) is 65.6 Å². The van der Waals surface area contributed by atoms with Crippen LogP contribution in [0.4, 0.5) is 0 Å². The van der Waals surface area contributed by atoms with E-state index in [4.69, 9.17) is 9.47 Å². The molecule has 2 heterocycles. The summed E-state index contributed by atoms with van der Waals surface area (Å²) in [6.07, 6.45) is 1.77. The lowest BCUT2D eigenvalue weighted by Crippen LogP contribution is -2.19. The van der Waals surface area contributed by atoms with Gasteiger partial charge in [-0.2, -0.15) is 0 Å². The predicted molar refractivity (Wildman–Crippen MR) is 91.9 cm³/mol. The van der Waals surface area contributed by atoms with Gasteiger partial charge in [-0.05, 0) is 30.2 Å². The molecule has 0 radical (unpaired) electrons. The zero-order valence-corrected chi connectivity index (χ0v) is 13.4. The summed E-state index contributed by atoms with van der Waals surface area (Å²) >= 11 is 0. The number of hydrogen-bond acceptors (Lipinski definition) is 3. The first-order valence-electron chi connectivity index (χ1n) is 7.87. The average molecular weight is 319 g/mol. The smallest absolute Gasteiger partial charge is 0.223 e. The van der Waals surface area contributed by atoms with E-state index in [2.05, 4.69) is 0 Å². The second-order valence-electron chi connectivity index (χ2n) is 5.90. The molecule has 0 N–H and O–H groups in total. The van der Waals surface area contributed by atoms with E-state index < -0.39 is 0 Å². The Bertz CT molecular complexity index is 945. The third kappa shape index (κ3) is 2.67. The van der Waals surface area contributed by atoms with Gasteiger partial charge in [0.1, 0.15) is 19.0 Å². The Morgan fingerprint density at radius 3 is 2.79 bits per heavy atom. The van der Waals surface area contributed by atoms with Crippen molar-refractivity contribution in [2.45, 2.75) is 20.1 Å². The minimum absolute atomic E-state index is 0.128. The highest BCUT2D eigenvalue weighted by atomic mass is 16.5. The van der Waals surface area contributed by atoms with Crippen LogP contribution in [0.1, 0.15) is 16.8 Å². The molecule has 0 unspecified atom stereocenters. The van der Waals surface area contributed by atoms with Crippen molar-refractivity contribution in [1.29, 1.82) is 0 Å². The van der Waals surface area contributed by atoms with Crippen molar-refractivity contribution in [1.82, 2.24) is 4.57 Å². The van der Waals surface area contributed by atoms with Crippen LogP contribution in [-0.2, 0) is 13.2 Å². The van der Waals surface area contributed by atoms with Crippen molar-refractivity contribution < 1.29 is 9.47 Å². The van der Waals surface area contributed by atoms with Gasteiger partial charge in [0.2, 0.25) is 5.43 Å². The fourth-order valence-corrected chi connectivity index (χ4v) is 2.82. The quantitative estimate of drug-likeness (QED) is 0.740. The summed E-state index contributed by atoms with van der Waals surface area (Å²) in [7, 11) is 0. The molecule has 0 spiro atoms. The van der Waals surface area contributed by atoms with Gasteiger partial charge < -0.3 is 14.0 Å². The molecular formula is C20H17NO3. The molecule has 0 aliphatic carbocycles. The predicted octanol–water partition coefficient (Wildman–Crippen LogP) is 3.62. The fraction of sp³-hybridized carbons (Fsp3) is 0.150. The molecule has 0 fully saturated rings. The molecule has 1 aromatic heterocycles. The first kappa shape index (κ1) is 14.6. The molecular weight excluding hydrogens is 302 g/mol. The second-order valence-corrected chi connectivity index (χ2v) is 5.90. The van der Waals surface area contributed by atoms with Gasteiger partial charge >= 0.3 is 0 Å². The van der Waals surface area contributed by atoms with Crippen molar-refractivity contribution >= 4 is 0 Å². The molecule has 4 nitrogen and oxygen atoms in total. The minimum atomic E-state index is -0.128. The highest BCUT2D eigenvalue weighted by molar-refractivity contribution is 5.52. The molecule has 3 aromatic rings. The Morgan fingerprint density at radius 1 is 1.12 bits per heavy atom. The van der Waals surface area contributed by atoms with E-state index in [1.54, 1.807) is 12.3 Å². The van der Waals surface area contributed by atoms with Crippen LogP contribution in [-0.4, -0.2) is 4.57 Å². The molecule has 4 rings (SSSR count). The van der Waals surface area contributed by atoms with E-state index in [0.29, 0.717) is 19.0 Å². The normalized spacial score (nSPS) is 12.0. The molecule has 2 aromatic carbocycles. The summed E-state index contributed by atoms with van der Waals surface area (Å²) in [5.41, 5.74) is 3.79. The van der Waals surface area contributed by atoms with E-state index in [0.717, 1.165) is 28.3 Å². The molecule has 1 aliphatic rings. The highest BCUT2D eigenvalue weighted by Gasteiger charge is 2.18. The summed E-state index contributed by atoms with van der Waals surface area (Å²) in [6.45, 7) is 2.78. The number of rotatable bonds is 3. The molecule has 0 saturated carbocycles. The molecule has 24 heavy (non-hydrogen) atoms. The zero-order chi connectivity index (χ0) is 16.5. The molecule has 4 heteroatoms. The summed E-state index contributed by atoms with van der Waals surface area (Å²) < 4.78 is 13.5. The Labute approximate surface area is 139 Å². The number of aromatic nitrogens is 1. The Kier molecular flexibility index (Phi) is 3.58. The SMILES string of the molecule is Cc1ccc2c(c1)-n1cc(OCc3ccccc3)c(=O)cc1CO2. The van der Waals surface area contributed by atoms with Crippen molar-refractivity contribution in [3.8, 4) is 17.2 Å². The molecule has 120 valence electrons. The lowest BCUT2D eigenvalue weighted by molar-refractivity contribution is 0.277. The number of fused-ring (bicyclic) bond motifs is 3. The van der Waals surface area contributed by atoms with Gasteiger partial charge in [-0.3, -0.25) is 4.79 Å². The van der Waals surface area contributed by atoms with E-state index in [1.165, 1.54) is 0 Å².